The zero-order valence-corrected chi connectivity index (χ0v) is 18.3. The maximum Gasteiger partial charge on any atom is 0.134 e. The van der Waals surface area contributed by atoms with E-state index in [-0.39, 0.29) is 0 Å². The fourth-order valence-electron chi connectivity index (χ4n) is 5.07. The second-order valence-electron chi connectivity index (χ2n) is 9.09. The molecule has 0 N–H and O–H groups in total. The van der Waals surface area contributed by atoms with E-state index in [9.17, 15) is 4.79 Å². The van der Waals surface area contributed by atoms with Gasteiger partial charge in [-0.1, -0.05) is 37.1 Å². The summed E-state index contributed by atoms with van der Waals surface area (Å²) in [6, 6.07) is 16.7. The molecule has 0 aromatic heterocycles. The first-order valence-corrected chi connectivity index (χ1v) is 11.5. The quantitative estimate of drug-likeness (QED) is 0.450. The van der Waals surface area contributed by atoms with E-state index in [1.165, 1.54) is 49.7 Å². The first-order valence-electron chi connectivity index (χ1n) is 11.5. The number of Topliss-reactive ketones (excluding diaryl/α,β-unsaturated/α-hetero) is 1. The molecule has 0 saturated heterocycles. The molecule has 0 spiro atoms. The molecule has 0 amide bonds. The third-order valence-corrected chi connectivity index (χ3v) is 7.42. The van der Waals surface area contributed by atoms with Gasteiger partial charge in [-0.3, -0.25) is 4.79 Å². The monoisotopic (exact) mass is 406 g/mol. The van der Waals surface area contributed by atoms with Crippen LogP contribution in [-0.4, -0.2) is 20.0 Å². The molecule has 3 nitrogen and oxygen atoms in total. The molecule has 2 aromatic carbocycles. The zero-order chi connectivity index (χ0) is 20.9. The lowest BCUT2D eigenvalue weighted by Crippen LogP contribution is -2.26. The summed E-state index contributed by atoms with van der Waals surface area (Å²) in [6.45, 7) is 0. The van der Waals surface area contributed by atoms with Crippen LogP contribution in [0.1, 0.15) is 74.3 Å². The normalized spacial score (nSPS) is 18.7. The van der Waals surface area contributed by atoms with Crippen molar-refractivity contribution >= 4 is 5.78 Å². The van der Waals surface area contributed by atoms with E-state index < -0.39 is 0 Å². The summed E-state index contributed by atoms with van der Waals surface area (Å²) in [5, 5.41) is 0. The standard InChI is InChI=1S/C27H34O3/c1-29-24-13-9-21(10-14-24)26(19-5-3-6-19)17-23(28)18-27(20-7-4-8-20)22-11-15-25(30-2)16-12-22/h9-16,19-20,26-27H,3-8,17-18H2,1-2H3/t26-,27-/m0/s1. The molecule has 0 heterocycles. The zero-order valence-electron chi connectivity index (χ0n) is 18.3. The Labute approximate surface area is 180 Å². The van der Waals surface area contributed by atoms with Crippen LogP contribution in [0.2, 0.25) is 0 Å². The van der Waals surface area contributed by atoms with Gasteiger partial charge in [0, 0.05) is 12.8 Å². The third kappa shape index (κ3) is 4.71. The van der Waals surface area contributed by atoms with Crippen LogP contribution in [0.3, 0.4) is 0 Å². The van der Waals surface area contributed by atoms with E-state index >= 15 is 0 Å². The summed E-state index contributed by atoms with van der Waals surface area (Å²) in [5.41, 5.74) is 2.58. The first-order chi connectivity index (χ1) is 14.7. The molecule has 0 unspecified atom stereocenters. The lowest BCUT2D eigenvalue weighted by Gasteiger charge is -2.36. The summed E-state index contributed by atoms with van der Waals surface area (Å²) < 4.78 is 10.6. The van der Waals surface area contributed by atoms with Crippen molar-refractivity contribution in [1.82, 2.24) is 0 Å². The number of carbonyl (C=O) groups is 1. The number of methoxy groups -OCH3 is 2. The Morgan fingerprint density at radius 3 is 1.37 bits per heavy atom. The Balaban J connectivity index is 1.47. The molecule has 2 aliphatic rings. The fraction of sp³-hybridized carbons (Fsp3) is 0.519. The van der Waals surface area contributed by atoms with Crippen molar-refractivity contribution in [3.05, 3.63) is 59.7 Å². The molecule has 2 saturated carbocycles. The van der Waals surface area contributed by atoms with E-state index in [0.29, 0.717) is 42.3 Å². The Kier molecular flexibility index (Phi) is 6.76. The molecule has 2 aliphatic carbocycles. The minimum atomic E-state index is 0.343. The average Bonchev–Trinajstić information content (AvgIpc) is 2.70. The Morgan fingerprint density at radius 2 is 1.10 bits per heavy atom. The van der Waals surface area contributed by atoms with Crippen LogP contribution in [0, 0.1) is 11.8 Å². The number of ether oxygens (including phenoxy) is 2. The Morgan fingerprint density at radius 1 is 0.733 bits per heavy atom. The lowest BCUT2D eigenvalue weighted by molar-refractivity contribution is -0.120. The van der Waals surface area contributed by atoms with Gasteiger partial charge in [0.15, 0.2) is 0 Å². The highest BCUT2D eigenvalue weighted by Crippen LogP contribution is 2.45. The molecule has 3 heteroatoms. The lowest BCUT2D eigenvalue weighted by atomic mass is 9.68. The highest BCUT2D eigenvalue weighted by Gasteiger charge is 2.33. The molecular formula is C27H34O3. The number of carbonyl (C=O) groups excluding carboxylic acids is 1. The fourth-order valence-corrected chi connectivity index (χ4v) is 5.07. The van der Waals surface area contributed by atoms with Gasteiger partial charge in [-0.15, -0.1) is 0 Å². The van der Waals surface area contributed by atoms with Crippen LogP contribution in [0.5, 0.6) is 11.5 Å². The second kappa shape index (κ2) is 9.68. The molecule has 30 heavy (non-hydrogen) atoms. The average molecular weight is 407 g/mol. The highest BCUT2D eigenvalue weighted by molar-refractivity contribution is 5.80. The number of hydrogen-bond acceptors (Lipinski definition) is 3. The number of hydrogen-bond donors (Lipinski definition) is 0. The van der Waals surface area contributed by atoms with Crippen molar-refractivity contribution in [1.29, 1.82) is 0 Å². The molecule has 0 aliphatic heterocycles. The van der Waals surface area contributed by atoms with Crippen LogP contribution in [-0.2, 0) is 4.79 Å². The number of benzene rings is 2. The summed E-state index contributed by atoms with van der Waals surface area (Å²) in [6.07, 6.45) is 8.89. The third-order valence-electron chi connectivity index (χ3n) is 7.42. The largest absolute Gasteiger partial charge is 0.497 e. The molecule has 0 bridgehead atoms. The van der Waals surface area contributed by atoms with E-state index in [2.05, 4.69) is 24.3 Å². The van der Waals surface area contributed by atoms with Crippen LogP contribution in [0.4, 0.5) is 0 Å². The van der Waals surface area contributed by atoms with Crippen molar-refractivity contribution in [3.8, 4) is 11.5 Å². The smallest absolute Gasteiger partial charge is 0.134 e. The summed E-state index contributed by atoms with van der Waals surface area (Å²) >= 11 is 0. The molecule has 160 valence electrons. The van der Waals surface area contributed by atoms with Crippen LogP contribution < -0.4 is 9.47 Å². The topological polar surface area (TPSA) is 35.5 Å². The number of rotatable bonds is 10. The van der Waals surface area contributed by atoms with Crippen molar-refractivity contribution in [2.75, 3.05) is 14.2 Å². The number of ketones is 1. The molecule has 2 atom stereocenters. The summed E-state index contributed by atoms with van der Waals surface area (Å²) in [7, 11) is 3.39. The second-order valence-corrected chi connectivity index (χ2v) is 9.09. The molecule has 2 aromatic rings. The minimum absolute atomic E-state index is 0.343. The van der Waals surface area contributed by atoms with Gasteiger partial charge >= 0.3 is 0 Å². The summed E-state index contributed by atoms with van der Waals surface area (Å²) in [4.78, 5) is 13.3. The molecule has 2 fully saturated rings. The van der Waals surface area contributed by atoms with Crippen molar-refractivity contribution in [3.63, 3.8) is 0 Å². The molecule has 0 radical (unpaired) electrons. The highest BCUT2D eigenvalue weighted by atomic mass is 16.5. The van der Waals surface area contributed by atoms with Crippen molar-refractivity contribution in [2.24, 2.45) is 11.8 Å². The molecular weight excluding hydrogens is 372 g/mol. The van der Waals surface area contributed by atoms with Gasteiger partial charge in [-0.25, -0.2) is 0 Å². The van der Waals surface area contributed by atoms with Crippen molar-refractivity contribution in [2.45, 2.75) is 63.2 Å². The van der Waals surface area contributed by atoms with E-state index in [1.807, 2.05) is 24.3 Å². The van der Waals surface area contributed by atoms with E-state index in [4.69, 9.17) is 9.47 Å². The Hall–Kier alpha value is -2.29. The maximum atomic E-state index is 13.3. The maximum absolute atomic E-state index is 13.3. The van der Waals surface area contributed by atoms with Gasteiger partial charge in [0.2, 0.25) is 0 Å². The van der Waals surface area contributed by atoms with Crippen LogP contribution in [0.15, 0.2) is 48.5 Å². The summed E-state index contributed by atoms with van der Waals surface area (Å²) in [5.74, 6) is 4.14. The first kappa shape index (κ1) is 21.0. The van der Waals surface area contributed by atoms with Gasteiger partial charge in [-0.05, 0) is 84.7 Å². The van der Waals surface area contributed by atoms with Gasteiger partial charge in [0.25, 0.3) is 0 Å². The van der Waals surface area contributed by atoms with Gasteiger partial charge in [-0.2, -0.15) is 0 Å². The van der Waals surface area contributed by atoms with Crippen LogP contribution >= 0.6 is 0 Å². The molecule has 4 rings (SSSR count). The van der Waals surface area contributed by atoms with Gasteiger partial charge in [0.05, 0.1) is 14.2 Å². The van der Waals surface area contributed by atoms with E-state index in [0.717, 1.165) is 11.5 Å². The van der Waals surface area contributed by atoms with Crippen molar-refractivity contribution < 1.29 is 14.3 Å². The van der Waals surface area contributed by atoms with Crippen LogP contribution in [0.25, 0.3) is 0 Å². The van der Waals surface area contributed by atoms with Gasteiger partial charge < -0.3 is 9.47 Å². The van der Waals surface area contributed by atoms with E-state index in [1.54, 1.807) is 14.2 Å². The minimum Gasteiger partial charge on any atom is -0.497 e. The SMILES string of the molecule is COc1ccc([C@@H](CC(=O)C[C@H](c2ccc(OC)cc2)C2CCC2)C2CCC2)cc1. The Bertz CT molecular complexity index is 747. The van der Waals surface area contributed by atoms with Gasteiger partial charge in [0.1, 0.15) is 17.3 Å². The predicted molar refractivity (Wildman–Crippen MR) is 120 cm³/mol. The predicted octanol–water partition coefficient (Wildman–Crippen LogP) is 6.52.